The minimum atomic E-state index is -3.17. The molecule has 0 aliphatic carbocycles. The first-order valence-corrected chi connectivity index (χ1v) is 14.2. The molecule has 0 aromatic heterocycles. The number of benzene rings is 2. The summed E-state index contributed by atoms with van der Waals surface area (Å²) in [5, 5.41) is 0.320. The van der Waals surface area contributed by atoms with Crippen LogP contribution in [0, 0.1) is 0 Å². The highest BCUT2D eigenvalue weighted by molar-refractivity contribution is 9.10. The fourth-order valence-corrected chi connectivity index (χ4v) is 8.45. The topological polar surface area (TPSA) is 85.3 Å². The summed E-state index contributed by atoms with van der Waals surface area (Å²) in [7, 11) is -3.17. The van der Waals surface area contributed by atoms with Crippen LogP contribution in [0.4, 0.5) is 5.69 Å². The number of rotatable bonds is 7. The van der Waals surface area contributed by atoms with Crippen LogP contribution in [0.2, 0.25) is 0 Å². The third-order valence-electron chi connectivity index (χ3n) is 5.36. The molecule has 2 atom stereocenters. The number of aliphatic imine (C=N–C) groups is 1. The molecular formula is C23H25BrN2O5S2. The SMILES string of the molecule is CCOc1cc(Br)c(N2C(=NC(=O)Cc3ccccc3)S[C@@H]3CS(=O)(=O)C[C@@H]32)cc1OCC. The number of thioether (sulfide) groups is 1. The van der Waals surface area contributed by atoms with E-state index in [0.717, 1.165) is 5.56 Å². The van der Waals surface area contributed by atoms with E-state index >= 15 is 0 Å². The average Bonchev–Trinajstić information content (AvgIpc) is 3.21. The second kappa shape index (κ2) is 10.1. The smallest absolute Gasteiger partial charge is 0.252 e. The molecule has 2 aromatic rings. The van der Waals surface area contributed by atoms with E-state index in [1.807, 2.05) is 61.2 Å². The van der Waals surface area contributed by atoms with Gasteiger partial charge in [0, 0.05) is 21.9 Å². The number of carbonyl (C=O) groups is 1. The largest absolute Gasteiger partial charge is 0.490 e. The molecule has 176 valence electrons. The van der Waals surface area contributed by atoms with Gasteiger partial charge in [-0.3, -0.25) is 4.79 Å². The first kappa shape index (κ1) is 24.1. The van der Waals surface area contributed by atoms with Gasteiger partial charge in [-0.25, -0.2) is 8.42 Å². The molecule has 0 unspecified atom stereocenters. The highest BCUT2D eigenvalue weighted by Gasteiger charge is 2.50. The molecule has 2 fully saturated rings. The lowest BCUT2D eigenvalue weighted by Gasteiger charge is -2.27. The van der Waals surface area contributed by atoms with Crippen molar-refractivity contribution in [1.29, 1.82) is 0 Å². The summed E-state index contributed by atoms with van der Waals surface area (Å²) in [5.74, 6) is 0.958. The minimum absolute atomic E-state index is 0.0141. The molecule has 0 saturated carbocycles. The predicted molar refractivity (Wildman–Crippen MR) is 135 cm³/mol. The molecule has 0 radical (unpaired) electrons. The molecule has 0 spiro atoms. The van der Waals surface area contributed by atoms with Crippen LogP contribution in [0.15, 0.2) is 51.9 Å². The standard InChI is InChI=1S/C23H25BrN2O5S2/c1-3-30-19-11-16(24)17(12-20(19)31-4-2)26-18-13-33(28,29)14-21(18)32-23(26)25-22(27)10-15-8-6-5-7-9-15/h5-9,11-12,18,21H,3-4,10,13-14H2,1-2H3/t18-,21+/m0/s1. The van der Waals surface area contributed by atoms with Crippen LogP contribution in [0.1, 0.15) is 19.4 Å². The van der Waals surface area contributed by atoms with Crippen molar-refractivity contribution in [2.24, 2.45) is 4.99 Å². The van der Waals surface area contributed by atoms with E-state index in [9.17, 15) is 13.2 Å². The van der Waals surface area contributed by atoms with Crippen molar-refractivity contribution >= 4 is 54.3 Å². The Morgan fingerprint density at radius 1 is 1.12 bits per heavy atom. The van der Waals surface area contributed by atoms with E-state index in [4.69, 9.17) is 9.47 Å². The zero-order chi connectivity index (χ0) is 23.6. The number of hydrogen-bond donors (Lipinski definition) is 0. The predicted octanol–water partition coefficient (Wildman–Crippen LogP) is 4.09. The Balaban J connectivity index is 1.73. The monoisotopic (exact) mass is 552 g/mol. The Kier molecular flexibility index (Phi) is 7.35. The third-order valence-corrected chi connectivity index (χ3v) is 9.20. The number of carbonyl (C=O) groups excluding carboxylic acids is 1. The molecule has 2 aliphatic heterocycles. The van der Waals surface area contributed by atoms with Gasteiger partial charge in [-0.1, -0.05) is 42.1 Å². The summed E-state index contributed by atoms with van der Waals surface area (Å²) in [6.07, 6.45) is 0.182. The van der Waals surface area contributed by atoms with Gasteiger partial charge >= 0.3 is 0 Å². The number of hydrogen-bond acceptors (Lipinski definition) is 6. The molecule has 4 rings (SSSR count). The van der Waals surface area contributed by atoms with Crippen LogP contribution in [0.3, 0.4) is 0 Å². The molecule has 2 saturated heterocycles. The summed E-state index contributed by atoms with van der Waals surface area (Å²) < 4.78 is 37.0. The lowest BCUT2D eigenvalue weighted by Crippen LogP contribution is -2.38. The number of sulfone groups is 1. The van der Waals surface area contributed by atoms with Gasteiger partial charge in [0.25, 0.3) is 5.91 Å². The Morgan fingerprint density at radius 2 is 1.79 bits per heavy atom. The van der Waals surface area contributed by atoms with Crippen molar-refractivity contribution in [1.82, 2.24) is 0 Å². The molecule has 2 aromatic carbocycles. The van der Waals surface area contributed by atoms with E-state index in [-0.39, 0.29) is 35.1 Å². The zero-order valence-corrected chi connectivity index (χ0v) is 21.6. The highest BCUT2D eigenvalue weighted by Crippen LogP contribution is 2.46. The summed E-state index contributed by atoms with van der Waals surface area (Å²) in [5.41, 5.74) is 1.58. The molecule has 2 aliphatic rings. The molecule has 10 heteroatoms. The number of anilines is 1. The second-order valence-corrected chi connectivity index (χ2v) is 12.0. The van der Waals surface area contributed by atoms with Gasteiger partial charge in [0.1, 0.15) is 0 Å². The maximum absolute atomic E-state index is 12.8. The fraction of sp³-hybridized carbons (Fsp3) is 0.391. The van der Waals surface area contributed by atoms with Gasteiger partial charge in [-0.05, 0) is 35.3 Å². The Bertz CT molecular complexity index is 1170. The van der Waals surface area contributed by atoms with Crippen LogP contribution >= 0.6 is 27.7 Å². The summed E-state index contributed by atoms with van der Waals surface area (Å²) in [6.45, 7) is 4.71. The number of ether oxygens (including phenoxy) is 2. The molecule has 2 heterocycles. The van der Waals surface area contributed by atoms with Gasteiger partial charge in [0.05, 0.1) is 42.9 Å². The number of amides is 1. The van der Waals surface area contributed by atoms with Crippen LogP contribution in [0.5, 0.6) is 11.5 Å². The summed E-state index contributed by atoms with van der Waals surface area (Å²) >= 11 is 4.96. The molecule has 33 heavy (non-hydrogen) atoms. The lowest BCUT2D eigenvalue weighted by atomic mass is 10.1. The van der Waals surface area contributed by atoms with Crippen molar-refractivity contribution < 1.29 is 22.7 Å². The van der Waals surface area contributed by atoms with Crippen LogP contribution in [-0.4, -0.2) is 55.5 Å². The number of fused-ring (bicyclic) bond motifs is 1. The van der Waals surface area contributed by atoms with Gasteiger partial charge < -0.3 is 14.4 Å². The van der Waals surface area contributed by atoms with E-state index in [0.29, 0.717) is 40.0 Å². The lowest BCUT2D eigenvalue weighted by molar-refractivity contribution is -0.117. The van der Waals surface area contributed by atoms with Crippen molar-refractivity contribution in [2.75, 3.05) is 29.6 Å². The van der Waals surface area contributed by atoms with Gasteiger partial charge in [0.2, 0.25) is 0 Å². The number of nitrogens with zero attached hydrogens (tertiary/aromatic N) is 2. The minimum Gasteiger partial charge on any atom is -0.490 e. The second-order valence-electron chi connectivity index (χ2n) is 7.74. The Labute approximate surface area is 206 Å². The van der Waals surface area contributed by atoms with Gasteiger partial charge in [0.15, 0.2) is 26.5 Å². The molecule has 7 nitrogen and oxygen atoms in total. The molecule has 1 amide bonds. The average molecular weight is 554 g/mol. The first-order valence-electron chi connectivity index (χ1n) is 10.7. The maximum Gasteiger partial charge on any atom is 0.252 e. The normalized spacial score (nSPS) is 22.4. The fourth-order valence-electron chi connectivity index (χ4n) is 4.01. The van der Waals surface area contributed by atoms with Crippen molar-refractivity contribution in [3.63, 3.8) is 0 Å². The van der Waals surface area contributed by atoms with E-state index in [1.54, 1.807) is 0 Å². The Morgan fingerprint density at radius 3 is 2.45 bits per heavy atom. The quantitative estimate of drug-likeness (QED) is 0.511. The van der Waals surface area contributed by atoms with Crippen molar-refractivity contribution in [3.05, 3.63) is 52.5 Å². The first-order chi connectivity index (χ1) is 15.8. The van der Waals surface area contributed by atoms with Crippen LogP contribution in [-0.2, 0) is 21.1 Å². The number of halogens is 1. The summed E-state index contributed by atoms with van der Waals surface area (Å²) in [4.78, 5) is 19.1. The van der Waals surface area contributed by atoms with E-state index in [2.05, 4.69) is 20.9 Å². The molecular weight excluding hydrogens is 528 g/mol. The van der Waals surface area contributed by atoms with Crippen LogP contribution in [0.25, 0.3) is 0 Å². The maximum atomic E-state index is 12.8. The Hall–Kier alpha value is -2.04. The van der Waals surface area contributed by atoms with Crippen molar-refractivity contribution in [2.45, 2.75) is 31.6 Å². The van der Waals surface area contributed by atoms with Crippen LogP contribution < -0.4 is 14.4 Å². The number of amidine groups is 1. The van der Waals surface area contributed by atoms with Crippen molar-refractivity contribution in [3.8, 4) is 11.5 Å². The highest BCUT2D eigenvalue weighted by atomic mass is 79.9. The summed E-state index contributed by atoms with van der Waals surface area (Å²) in [6, 6.07) is 12.8. The van der Waals surface area contributed by atoms with E-state index < -0.39 is 9.84 Å². The molecule has 0 bridgehead atoms. The zero-order valence-electron chi connectivity index (χ0n) is 18.4. The third kappa shape index (κ3) is 5.38. The van der Waals surface area contributed by atoms with Gasteiger partial charge in [-0.2, -0.15) is 4.99 Å². The van der Waals surface area contributed by atoms with Gasteiger partial charge in [-0.15, -0.1) is 0 Å². The van der Waals surface area contributed by atoms with E-state index in [1.165, 1.54) is 11.8 Å². The molecule has 0 N–H and O–H groups in total.